The van der Waals surface area contributed by atoms with Crippen LogP contribution in [0.1, 0.15) is 113 Å². The summed E-state index contributed by atoms with van der Waals surface area (Å²) in [5.74, 6) is 2.19. The number of allylic oxidation sites excluding steroid dienone is 4. The maximum Gasteiger partial charge on any atom is 0.0850 e. The van der Waals surface area contributed by atoms with Crippen LogP contribution in [0.3, 0.4) is 0 Å². The minimum absolute atomic E-state index is 0.296. The average Bonchev–Trinajstić information content (AvgIpc) is 2.71. The van der Waals surface area contributed by atoms with Crippen molar-refractivity contribution in [3.05, 3.63) is 41.4 Å². The first-order valence-corrected chi connectivity index (χ1v) is 12.8. The molecule has 1 rings (SSSR count). The number of hydrogen-bond donors (Lipinski definition) is 0. The molecule has 0 aromatic rings. The molecule has 0 saturated heterocycles. The predicted molar refractivity (Wildman–Crippen MR) is 135 cm³/mol. The highest BCUT2D eigenvalue weighted by Crippen LogP contribution is 2.32. The molecule has 0 aromatic heterocycles. The Morgan fingerprint density at radius 3 is 2.43 bits per heavy atom. The molecular weight excluding hydrogens is 364 g/mol. The molecule has 1 aliphatic carbocycles. The van der Waals surface area contributed by atoms with Crippen LogP contribution in [0.15, 0.2) is 34.9 Å². The molecule has 4 atom stereocenters. The van der Waals surface area contributed by atoms with Crippen molar-refractivity contribution in [1.29, 1.82) is 0 Å². The van der Waals surface area contributed by atoms with Gasteiger partial charge in [-0.3, -0.25) is 0 Å². The number of hydrogen-bond acceptors (Lipinski definition) is 1. The van der Waals surface area contributed by atoms with Crippen molar-refractivity contribution in [2.24, 2.45) is 17.8 Å². The fraction of sp³-hybridized carbons (Fsp3) is 0.759. The van der Waals surface area contributed by atoms with Gasteiger partial charge in [0, 0.05) is 12.5 Å². The van der Waals surface area contributed by atoms with E-state index in [0.29, 0.717) is 12.0 Å². The Kier molecular flexibility index (Phi) is 14.4. The van der Waals surface area contributed by atoms with Crippen LogP contribution in [0.4, 0.5) is 0 Å². The van der Waals surface area contributed by atoms with Crippen LogP contribution in [0.25, 0.3) is 0 Å². The van der Waals surface area contributed by atoms with Gasteiger partial charge in [0.15, 0.2) is 0 Å². The summed E-state index contributed by atoms with van der Waals surface area (Å²) >= 11 is 0. The molecule has 0 spiro atoms. The van der Waals surface area contributed by atoms with Gasteiger partial charge in [-0.15, -0.1) is 0 Å². The standard InChI is InChI=1S/C29H51O/c1-8-10-11-14-23(3)15-12-16-24(4)17-13-18-25(5)19-21-28-22-20-26(6)27(7)29(28)30-9-2/h8,14,20,22,24-25,27,29H,9-13,15-19,21H2,1-7H3/q-1/b23-14+. The first kappa shape index (κ1) is 27.2. The first-order valence-electron chi connectivity index (χ1n) is 12.8. The van der Waals surface area contributed by atoms with Gasteiger partial charge < -0.3 is 11.2 Å². The highest BCUT2D eigenvalue weighted by atomic mass is 16.5. The van der Waals surface area contributed by atoms with Crippen LogP contribution in [-0.4, -0.2) is 12.7 Å². The normalized spacial score (nSPS) is 21.9. The molecule has 0 fully saturated rings. The van der Waals surface area contributed by atoms with Gasteiger partial charge in [0.05, 0.1) is 6.10 Å². The van der Waals surface area contributed by atoms with Gasteiger partial charge in [0.2, 0.25) is 0 Å². The zero-order valence-electron chi connectivity index (χ0n) is 21.3. The van der Waals surface area contributed by atoms with Crippen LogP contribution < -0.4 is 0 Å². The monoisotopic (exact) mass is 415 g/mol. The smallest absolute Gasteiger partial charge is 0.0850 e. The van der Waals surface area contributed by atoms with Gasteiger partial charge in [-0.2, -0.15) is 13.3 Å². The molecule has 1 aliphatic rings. The molecule has 0 saturated carbocycles. The van der Waals surface area contributed by atoms with E-state index >= 15 is 0 Å². The van der Waals surface area contributed by atoms with Crippen molar-refractivity contribution >= 4 is 0 Å². The molecule has 0 radical (unpaired) electrons. The molecule has 0 aromatic carbocycles. The van der Waals surface area contributed by atoms with Crippen molar-refractivity contribution in [2.75, 3.05) is 6.61 Å². The van der Waals surface area contributed by atoms with E-state index in [1.54, 1.807) is 5.57 Å². The topological polar surface area (TPSA) is 9.23 Å². The zero-order valence-corrected chi connectivity index (χ0v) is 21.3. The summed E-state index contributed by atoms with van der Waals surface area (Å²) in [4.78, 5) is 0. The quantitative estimate of drug-likeness (QED) is 0.139. The van der Waals surface area contributed by atoms with Crippen LogP contribution in [-0.2, 0) is 4.74 Å². The van der Waals surface area contributed by atoms with Gasteiger partial charge in [0.1, 0.15) is 0 Å². The van der Waals surface area contributed by atoms with Gasteiger partial charge in [-0.1, -0.05) is 82.2 Å². The van der Waals surface area contributed by atoms with E-state index in [-0.39, 0.29) is 0 Å². The molecule has 174 valence electrons. The van der Waals surface area contributed by atoms with Crippen LogP contribution in [0, 0.1) is 24.2 Å². The molecule has 0 heterocycles. The minimum Gasteiger partial charge on any atom is -0.374 e. The largest absolute Gasteiger partial charge is 0.374 e. The highest BCUT2D eigenvalue weighted by Gasteiger charge is 2.25. The fourth-order valence-corrected chi connectivity index (χ4v) is 4.55. The SMILES string of the molecule is C[CH-]CC/C=C(\C)CCCC(C)CCCC(C)CCC1=CC=C(C)C(C)C1OCC. The van der Waals surface area contributed by atoms with E-state index in [2.05, 4.69) is 73.1 Å². The summed E-state index contributed by atoms with van der Waals surface area (Å²) in [6, 6.07) is 0. The van der Waals surface area contributed by atoms with Crippen molar-refractivity contribution in [3.63, 3.8) is 0 Å². The number of ether oxygens (including phenoxy) is 1. The van der Waals surface area contributed by atoms with E-state index < -0.39 is 0 Å². The summed E-state index contributed by atoms with van der Waals surface area (Å²) in [5, 5.41) is 0. The molecular formula is C29H51O-. The number of unbranched alkanes of at least 4 members (excludes halogenated alkanes) is 2. The van der Waals surface area contributed by atoms with Crippen molar-refractivity contribution in [2.45, 2.75) is 119 Å². The second-order valence-electron chi connectivity index (χ2n) is 9.93. The number of rotatable bonds is 16. The minimum atomic E-state index is 0.296. The predicted octanol–water partition coefficient (Wildman–Crippen LogP) is 9.26. The molecule has 0 aliphatic heterocycles. The Morgan fingerprint density at radius 1 is 1.10 bits per heavy atom. The summed E-state index contributed by atoms with van der Waals surface area (Å²) in [6.45, 7) is 16.8. The molecule has 0 bridgehead atoms. The van der Waals surface area contributed by atoms with E-state index in [4.69, 9.17) is 4.74 Å². The molecule has 4 unspecified atom stereocenters. The molecule has 30 heavy (non-hydrogen) atoms. The van der Waals surface area contributed by atoms with Crippen molar-refractivity contribution < 1.29 is 4.74 Å². The maximum absolute atomic E-state index is 6.09. The lowest BCUT2D eigenvalue weighted by Crippen LogP contribution is -2.27. The second-order valence-corrected chi connectivity index (χ2v) is 9.93. The Labute approximate surface area is 189 Å². The first-order chi connectivity index (χ1) is 14.4. The van der Waals surface area contributed by atoms with Crippen LogP contribution >= 0.6 is 0 Å². The Bertz CT molecular complexity index is 539. The molecule has 1 nitrogen and oxygen atoms in total. The van der Waals surface area contributed by atoms with E-state index in [1.807, 2.05) is 0 Å². The highest BCUT2D eigenvalue weighted by molar-refractivity contribution is 5.29. The van der Waals surface area contributed by atoms with Gasteiger partial charge >= 0.3 is 0 Å². The molecule has 1 heteroatoms. The third-order valence-electron chi connectivity index (χ3n) is 6.98. The summed E-state index contributed by atoms with van der Waals surface area (Å²) < 4.78 is 6.09. The van der Waals surface area contributed by atoms with Gasteiger partial charge in [-0.25, -0.2) is 0 Å². The average molecular weight is 416 g/mol. The Balaban J connectivity index is 2.22. The Hall–Kier alpha value is -0.820. The van der Waals surface area contributed by atoms with Crippen LogP contribution in [0.5, 0.6) is 0 Å². The second kappa shape index (κ2) is 15.9. The summed E-state index contributed by atoms with van der Waals surface area (Å²) in [5.41, 5.74) is 4.54. The fourth-order valence-electron chi connectivity index (χ4n) is 4.55. The van der Waals surface area contributed by atoms with E-state index in [1.165, 1.54) is 75.4 Å². The van der Waals surface area contributed by atoms with E-state index in [9.17, 15) is 0 Å². The molecule has 0 amide bonds. The lowest BCUT2D eigenvalue weighted by Gasteiger charge is -2.30. The van der Waals surface area contributed by atoms with Crippen molar-refractivity contribution in [3.8, 4) is 0 Å². The van der Waals surface area contributed by atoms with Gasteiger partial charge in [0.25, 0.3) is 0 Å². The summed E-state index contributed by atoms with van der Waals surface area (Å²) in [7, 11) is 0. The Morgan fingerprint density at radius 2 is 1.77 bits per heavy atom. The van der Waals surface area contributed by atoms with Crippen molar-refractivity contribution in [1.82, 2.24) is 0 Å². The van der Waals surface area contributed by atoms with Crippen LogP contribution in [0.2, 0.25) is 0 Å². The third kappa shape index (κ3) is 11.0. The summed E-state index contributed by atoms with van der Waals surface area (Å²) in [6.07, 6.45) is 22.7. The molecule has 0 N–H and O–H groups in total. The zero-order chi connectivity index (χ0) is 22.4. The maximum atomic E-state index is 6.09. The van der Waals surface area contributed by atoms with E-state index in [0.717, 1.165) is 18.4 Å². The third-order valence-corrected chi connectivity index (χ3v) is 6.98. The lowest BCUT2D eigenvalue weighted by molar-refractivity contribution is 0.0570. The van der Waals surface area contributed by atoms with Gasteiger partial charge in [-0.05, 0) is 63.9 Å². The lowest BCUT2D eigenvalue weighted by atomic mass is 9.83.